The summed E-state index contributed by atoms with van der Waals surface area (Å²) in [4.78, 5) is 32.0. The van der Waals surface area contributed by atoms with Gasteiger partial charge in [-0.25, -0.2) is 9.97 Å². The summed E-state index contributed by atoms with van der Waals surface area (Å²) in [5, 5.41) is 5.40. The molecular formula is C19H24N4O4. The maximum Gasteiger partial charge on any atom is 0.275 e. The first-order chi connectivity index (χ1) is 13.0. The first-order valence-electron chi connectivity index (χ1n) is 8.59. The van der Waals surface area contributed by atoms with Gasteiger partial charge in [0.25, 0.3) is 5.91 Å². The van der Waals surface area contributed by atoms with Gasteiger partial charge in [-0.3, -0.25) is 9.59 Å². The highest BCUT2D eigenvalue weighted by Gasteiger charge is 2.13. The van der Waals surface area contributed by atoms with E-state index in [4.69, 9.17) is 9.47 Å². The summed E-state index contributed by atoms with van der Waals surface area (Å²) in [5.74, 6) is -0.0409. The van der Waals surface area contributed by atoms with Gasteiger partial charge in [-0.2, -0.15) is 0 Å². The van der Waals surface area contributed by atoms with Gasteiger partial charge in [-0.1, -0.05) is 19.1 Å². The number of anilines is 1. The van der Waals surface area contributed by atoms with Gasteiger partial charge in [0.2, 0.25) is 11.8 Å². The summed E-state index contributed by atoms with van der Waals surface area (Å²) in [6, 6.07) is 7.39. The zero-order valence-corrected chi connectivity index (χ0v) is 15.7. The molecule has 2 amide bonds. The lowest BCUT2D eigenvalue weighted by molar-refractivity contribution is -0.120. The summed E-state index contributed by atoms with van der Waals surface area (Å²) in [5.41, 5.74) is 1.77. The molecule has 8 heteroatoms. The Balaban J connectivity index is 1.99. The van der Waals surface area contributed by atoms with Crippen molar-refractivity contribution in [2.45, 2.75) is 19.3 Å². The Hall–Kier alpha value is -3.00. The lowest BCUT2D eigenvalue weighted by Crippen LogP contribution is -2.19. The number of carbonyl (C=O) groups is 2. The second-order valence-electron chi connectivity index (χ2n) is 5.94. The Kier molecular flexibility index (Phi) is 7.69. The summed E-state index contributed by atoms with van der Waals surface area (Å²) >= 11 is 0. The lowest BCUT2D eigenvalue weighted by atomic mass is 9.97. The second kappa shape index (κ2) is 10.2. The largest absolute Gasteiger partial charge is 0.474 e. The first kappa shape index (κ1) is 20.3. The molecule has 0 saturated heterocycles. The van der Waals surface area contributed by atoms with E-state index in [-0.39, 0.29) is 23.4 Å². The quantitative estimate of drug-likeness (QED) is 0.653. The molecule has 2 rings (SSSR count). The monoisotopic (exact) mass is 372 g/mol. The van der Waals surface area contributed by atoms with E-state index >= 15 is 0 Å². The summed E-state index contributed by atoms with van der Waals surface area (Å²) in [6.07, 6.45) is 3.13. The Morgan fingerprint density at radius 3 is 2.67 bits per heavy atom. The Morgan fingerprint density at radius 1 is 1.19 bits per heavy atom. The molecule has 0 bridgehead atoms. The molecule has 1 heterocycles. The maximum atomic E-state index is 12.4. The standard InChI is InChI=1S/C19H24N4O4/c1-13(9-17(24)20-2)14-5-4-6-15(10-14)23-19(25)16-11-22-18(12-21-16)27-8-7-26-3/h4-6,10-13H,7-9H2,1-3H3,(H,20,24)(H,23,25). The van der Waals surface area contributed by atoms with E-state index in [1.807, 2.05) is 25.1 Å². The average molecular weight is 372 g/mol. The zero-order valence-electron chi connectivity index (χ0n) is 15.7. The molecule has 1 aromatic heterocycles. The molecule has 1 aromatic carbocycles. The summed E-state index contributed by atoms with van der Waals surface area (Å²) < 4.78 is 10.2. The number of rotatable bonds is 9. The van der Waals surface area contributed by atoms with E-state index in [1.165, 1.54) is 12.4 Å². The van der Waals surface area contributed by atoms with Gasteiger partial charge in [0, 0.05) is 26.3 Å². The summed E-state index contributed by atoms with van der Waals surface area (Å²) in [7, 11) is 3.19. The van der Waals surface area contributed by atoms with Crippen LogP contribution in [0.5, 0.6) is 5.88 Å². The lowest BCUT2D eigenvalue weighted by Gasteiger charge is -2.13. The third-order valence-corrected chi connectivity index (χ3v) is 3.88. The third kappa shape index (κ3) is 6.34. The molecule has 2 aromatic rings. The van der Waals surface area contributed by atoms with Gasteiger partial charge in [0.05, 0.1) is 19.0 Å². The number of amides is 2. The number of nitrogens with one attached hydrogen (secondary N) is 2. The van der Waals surface area contributed by atoms with E-state index in [9.17, 15) is 9.59 Å². The van der Waals surface area contributed by atoms with Crippen molar-refractivity contribution in [2.24, 2.45) is 0 Å². The van der Waals surface area contributed by atoms with Crippen molar-refractivity contribution in [3.8, 4) is 5.88 Å². The van der Waals surface area contributed by atoms with Crippen molar-refractivity contribution >= 4 is 17.5 Å². The Morgan fingerprint density at radius 2 is 2.00 bits per heavy atom. The second-order valence-corrected chi connectivity index (χ2v) is 5.94. The van der Waals surface area contributed by atoms with Crippen LogP contribution in [0.3, 0.4) is 0 Å². The van der Waals surface area contributed by atoms with E-state index in [0.717, 1.165) is 5.56 Å². The predicted molar refractivity (Wildman–Crippen MR) is 101 cm³/mol. The van der Waals surface area contributed by atoms with Gasteiger partial charge in [0.1, 0.15) is 12.3 Å². The minimum atomic E-state index is -0.373. The molecule has 27 heavy (non-hydrogen) atoms. The van der Waals surface area contributed by atoms with Crippen LogP contribution in [0.1, 0.15) is 35.3 Å². The molecule has 0 aliphatic heterocycles. The average Bonchev–Trinajstić information content (AvgIpc) is 2.68. The van der Waals surface area contributed by atoms with Crippen LogP contribution >= 0.6 is 0 Å². The number of methoxy groups -OCH3 is 1. The number of nitrogens with zero attached hydrogens (tertiary/aromatic N) is 2. The molecule has 0 fully saturated rings. The number of aromatic nitrogens is 2. The highest BCUT2D eigenvalue weighted by atomic mass is 16.5. The van der Waals surface area contributed by atoms with Crippen LogP contribution in [-0.2, 0) is 9.53 Å². The Bertz CT molecular complexity index is 765. The van der Waals surface area contributed by atoms with Gasteiger partial charge in [0.15, 0.2) is 0 Å². The van der Waals surface area contributed by atoms with Crippen LogP contribution in [0, 0.1) is 0 Å². The van der Waals surface area contributed by atoms with Crippen molar-refractivity contribution in [3.63, 3.8) is 0 Å². The van der Waals surface area contributed by atoms with E-state index in [2.05, 4.69) is 20.6 Å². The minimum Gasteiger partial charge on any atom is -0.474 e. The van der Waals surface area contributed by atoms with Crippen LogP contribution in [0.15, 0.2) is 36.7 Å². The van der Waals surface area contributed by atoms with Gasteiger partial charge in [-0.15, -0.1) is 0 Å². The molecule has 0 saturated carbocycles. The maximum absolute atomic E-state index is 12.4. The molecule has 1 unspecified atom stereocenters. The molecule has 0 aliphatic rings. The SMILES string of the molecule is CNC(=O)CC(C)c1cccc(NC(=O)c2cnc(OCCOC)cn2)c1. The smallest absolute Gasteiger partial charge is 0.275 e. The molecule has 1 atom stereocenters. The van der Waals surface area contributed by atoms with Crippen LogP contribution in [0.2, 0.25) is 0 Å². The molecular weight excluding hydrogens is 348 g/mol. The zero-order chi connectivity index (χ0) is 19.6. The van der Waals surface area contributed by atoms with Crippen molar-refractivity contribution < 1.29 is 19.1 Å². The van der Waals surface area contributed by atoms with Gasteiger partial charge in [-0.05, 0) is 23.6 Å². The summed E-state index contributed by atoms with van der Waals surface area (Å²) in [6.45, 7) is 2.76. The highest BCUT2D eigenvalue weighted by molar-refractivity contribution is 6.02. The van der Waals surface area contributed by atoms with Crippen molar-refractivity contribution in [1.82, 2.24) is 15.3 Å². The number of hydrogen-bond acceptors (Lipinski definition) is 6. The minimum absolute atomic E-state index is 0.0278. The first-order valence-corrected chi connectivity index (χ1v) is 8.59. The molecule has 0 spiro atoms. The molecule has 0 radical (unpaired) electrons. The topological polar surface area (TPSA) is 102 Å². The fourth-order valence-electron chi connectivity index (χ4n) is 2.35. The highest BCUT2D eigenvalue weighted by Crippen LogP contribution is 2.22. The van der Waals surface area contributed by atoms with Crippen LogP contribution < -0.4 is 15.4 Å². The number of hydrogen-bond donors (Lipinski definition) is 2. The Labute approximate surface area is 158 Å². The van der Waals surface area contributed by atoms with Crippen LogP contribution in [-0.4, -0.2) is 49.2 Å². The number of ether oxygens (including phenoxy) is 2. The third-order valence-electron chi connectivity index (χ3n) is 3.88. The van der Waals surface area contributed by atoms with Crippen LogP contribution in [0.25, 0.3) is 0 Å². The van der Waals surface area contributed by atoms with Crippen LogP contribution in [0.4, 0.5) is 5.69 Å². The van der Waals surface area contributed by atoms with E-state index < -0.39 is 0 Å². The fourth-order valence-corrected chi connectivity index (χ4v) is 2.35. The number of benzene rings is 1. The number of carbonyl (C=O) groups excluding carboxylic acids is 2. The molecule has 144 valence electrons. The predicted octanol–water partition coefficient (Wildman–Crippen LogP) is 1.99. The van der Waals surface area contributed by atoms with Gasteiger partial charge < -0.3 is 20.1 Å². The van der Waals surface area contributed by atoms with E-state index in [1.54, 1.807) is 20.2 Å². The normalized spacial score (nSPS) is 11.5. The van der Waals surface area contributed by atoms with Crippen molar-refractivity contribution in [2.75, 3.05) is 32.7 Å². The van der Waals surface area contributed by atoms with E-state index in [0.29, 0.717) is 31.2 Å². The molecule has 0 aliphatic carbocycles. The fraction of sp³-hybridized carbons (Fsp3) is 0.368. The van der Waals surface area contributed by atoms with Crippen molar-refractivity contribution in [1.29, 1.82) is 0 Å². The molecule has 2 N–H and O–H groups in total. The van der Waals surface area contributed by atoms with Gasteiger partial charge >= 0.3 is 0 Å². The van der Waals surface area contributed by atoms with Crippen molar-refractivity contribution in [3.05, 3.63) is 47.9 Å². The molecule has 8 nitrogen and oxygen atoms in total.